The fourth-order valence-electron chi connectivity index (χ4n) is 9.87. The standard InChI is InChI=1S/2C31H34BrClN2O3/c2*1-35(2)18-17-31(36,16-15-21-5-12-26(37-3)13-6-21)29(22-7-10-25(33)11-8-22)27-20-23-19-24(32)9-14-28(23)34-30(27)38-4/h2*5-14,19-20,29,36H,15-18H2,1-4H3. The molecule has 2 aromatic heterocycles. The highest BCUT2D eigenvalue weighted by molar-refractivity contribution is 9.10. The van der Waals surface area contributed by atoms with E-state index < -0.39 is 23.0 Å². The summed E-state index contributed by atoms with van der Waals surface area (Å²) in [4.78, 5) is 13.9. The highest BCUT2D eigenvalue weighted by Gasteiger charge is 2.42. The zero-order valence-electron chi connectivity index (χ0n) is 44.5. The molecular weight excluding hydrogens is 1130 g/mol. The predicted molar refractivity (Wildman–Crippen MR) is 317 cm³/mol. The Morgan fingerprint density at radius 3 is 1.14 bits per heavy atom. The number of aromatic nitrogens is 2. The molecule has 4 unspecified atom stereocenters. The summed E-state index contributed by atoms with van der Waals surface area (Å²) in [6, 6.07) is 47.6. The lowest BCUT2D eigenvalue weighted by molar-refractivity contribution is 0.000434. The van der Waals surface area contributed by atoms with Crippen LogP contribution in [-0.2, 0) is 12.8 Å². The second kappa shape index (κ2) is 26.9. The minimum atomic E-state index is -1.10. The fourth-order valence-corrected chi connectivity index (χ4v) is 10.9. The molecule has 0 saturated carbocycles. The van der Waals surface area contributed by atoms with Gasteiger partial charge in [0.15, 0.2) is 0 Å². The van der Waals surface area contributed by atoms with E-state index in [0.717, 1.165) is 88.7 Å². The maximum absolute atomic E-state index is 12.6. The number of halogens is 4. The summed E-state index contributed by atoms with van der Waals surface area (Å²) >= 11 is 19.7. The lowest BCUT2D eigenvalue weighted by Crippen LogP contribution is -2.40. The number of hydrogen-bond donors (Lipinski definition) is 2. The molecule has 0 aliphatic heterocycles. The van der Waals surface area contributed by atoms with Crippen LogP contribution in [0.5, 0.6) is 23.3 Å². The van der Waals surface area contributed by atoms with Gasteiger partial charge in [0.2, 0.25) is 11.8 Å². The lowest BCUT2D eigenvalue weighted by atomic mass is 9.72. The monoisotopic (exact) mass is 1190 g/mol. The van der Waals surface area contributed by atoms with Crippen molar-refractivity contribution in [2.75, 3.05) is 69.7 Å². The highest BCUT2D eigenvalue weighted by Crippen LogP contribution is 2.47. The molecule has 0 amide bonds. The molecule has 2 heterocycles. The largest absolute Gasteiger partial charge is 0.497 e. The van der Waals surface area contributed by atoms with Crippen molar-refractivity contribution < 1.29 is 29.2 Å². The van der Waals surface area contributed by atoms with Gasteiger partial charge in [-0.15, -0.1) is 0 Å². The molecule has 8 rings (SSSR count). The number of methoxy groups -OCH3 is 4. The van der Waals surface area contributed by atoms with Crippen molar-refractivity contribution in [2.45, 2.75) is 61.6 Å². The minimum Gasteiger partial charge on any atom is -0.497 e. The molecule has 10 nitrogen and oxygen atoms in total. The molecule has 0 bridgehead atoms. The Morgan fingerprint density at radius 2 is 0.829 bits per heavy atom. The van der Waals surface area contributed by atoms with Gasteiger partial charge in [-0.2, -0.15) is 0 Å². The lowest BCUT2D eigenvalue weighted by Gasteiger charge is -2.38. The van der Waals surface area contributed by atoms with Crippen LogP contribution in [0.1, 0.15) is 70.9 Å². The van der Waals surface area contributed by atoms with Gasteiger partial charge < -0.3 is 39.0 Å². The predicted octanol–water partition coefficient (Wildman–Crippen LogP) is 14.2. The molecule has 0 saturated heterocycles. The summed E-state index contributed by atoms with van der Waals surface area (Å²) < 4.78 is 24.2. The Hall–Kier alpha value is -5.28. The topological polar surface area (TPSA) is 110 Å². The summed E-state index contributed by atoms with van der Waals surface area (Å²) in [6.45, 7) is 1.44. The number of hydrogen-bond acceptors (Lipinski definition) is 10. The molecule has 0 fully saturated rings. The van der Waals surface area contributed by atoms with Crippen molar-refractivity contribution in [3.63, 3.8) is 0 Å². The van der Waals surface area contributed by atoms with Crippen LogP contribution in [0.4, 0.5) is 0 Å². The number of aliphatic hydroxyl groups is 2. The van der Waals surface area contributed by atoms with Crippen LogP contribution in [-0.4, -0.2) is 111 Å². The second-order valence-electron chi connectivity index (χ2n) is 19.8. The molecule has 6 aromatic carbocycles. The first-order valence-corrected chi connectivity index (χ1v) is 27.6. The van der Waals surface area contributed by atoms with Gasteiger partial charge >= 0.3 is 0 Å². The summed E-state index contributed by atoms with van der Waals surface area (Å²) in [5.41, 5.74) is 5.33. The van der Waals surface area contributed by atoms with E-state index >= 15 is 0 Å². The number of aryl methyl sites for hydroxylation is 2. The van der Waals surface area contributed by atoms with Crippen molar-refractivity contribution in [3.8, 4) is 23.3 Å². The van der Waals surface area contributed by atoms with Gasteiger partial charge in [0, 0.05) is 65.8 Å². The van der Waals surface area contributed by atoms with E-state index in [-0.39, 0.29) is 0 Å². The quantitative estimate of drug-likeness (QED) is 0.0681. The van der Waals surface area contributed by atoms with Gasteiger partial charge in [-0.25, -0.2) is 9.97 Å². The van der Waals surface area contributed by atoms with Gasteiger partial charge in [0.05, 0.1) is 50.7 Å². The number of benzene rings is 6. The van der Waals surface area contributed by atoms with Gasteiger partial charge in [0.1, 0.15) is 11.5 Å². The molecule has 2 N–H and O–H groups in total. The molecule has 8 aromatic rings. The minimum absolute atomic E-state index is 0.399. The zero-order valence-corrected chi connectivity index (χ0v) is 49.2. The maximum atomic E-state index is 12.6. The third kappa shape index (κ3) is 15.0. The van der Waals surface area contributed by atoms with E-state index in [4.69, 9.17) is 52.1 Å². The van der Waals surface area contributed by atoms with Gasteiger partial charge in [-0.05, 0) is 186 Å². The normalized spacial score (nSPS) is 13.9. The maximum Gasteiger partial charge on any atom is 0.217 e. The van der Waals surface area contributed by atoms with Crippen molar-refractivity contribution >= 4 is 76.9 Å². The molecule has 76 heavy (non-hydrogen) atoms. The van der Waals surface area contributed by atoms with Crippen LogP contribution in [0.25, 0.3) is 21.8 Å². The first kappa shape index (κ1) is 58.4. The number of pyridine rings is 2. The van der Waals surface area contributed by atoms with Crippen LogP contribution >= 0.6 is 55.1 Å². The van der Waals surface area contributed by atoms with Gasteiger partial charge in [0.25, 0.3) is 0 Å². The Morgan fingerprint density at radius 1 is 0.474 bits per heavy atom. The molecule has 0 spiro atoms. The average molecular weight is 1200 g/mol. The summed E-state index contributed by atoms with van der Waals surface area (Å²) in [5.74, 6) is 1.84. The number of fused-ring (bicyclic) bond motifs is 2. The summed E-state index contributed by atoms with van der Waals surface area (Å²) in [6.07, 6.45) is 3.60. The number of ether oxygens (including phenoxy) is 4. The van der Waals surface area contributed by atoms with Gasteiger partial charge in [-0.1, -0.05) is 104 Å². The van der Waals surface area contributed by atoms with Crippen LogP contribution in [0.15, 0.2) is 155 Å². The molecular formula is C62H68Br2Cl2N4O6. The van der Waals surface area contributed by atoms with E-state index in [1.165, 1.54) is 0 Å². The summed E-state index contributed by atoms with van der Waals surface area (Å²) in [5, 5.41) is 28.5. The second-order valence-corrected chi connectivity index (χ2v) is 22.5. The summed E-state index contributed by atoms with van der Waals surface area (Å²) in [7, 11) is 14.7. The van der Waals surface area contributed by atoms with Crippen LogP contribution in [0, 0.1) is 0 Å². The van der Waals surface area contributed by atoms with E-state index in [9.17, 15) is 10.2 Å². The van der Waals surface area contributed by atoms with Crippen molar-refractivity contribution in [1.82, 2.24) is 19.8 Å². The fraction of sp³-hybridized carbons (Fsp3) is 0.323. The highest BCUT2D eigenvalue weighted by atomic mass is 79.9. The smallest absolute Gasteiger partial charge is 0.217 e. The van der Waals surface area contributed by atoms with Crippen molar-refractivity contribution in [3.05, 3.63) is 198 Å². The zero-order chi connectivity index (χ0) is 54.6. The third-order valence-corrected chi connectivity index (χ3v) is 15.5. The molecule has 0 aliphatic carbocycles. The van der Waals surface area contributed by atoms with E-state index in [1.54, 1.807) is 28.4 Å². The molecule has 14 heteroatoms. The molecule has 4 atom stereocenters. The molecule has 0 aliphatic rings. The number of nitrogens with zero attached hydrogens (tertiary/aromatic N) is 4. The third-order valence-electron chi connectivity index (χ3n) is 14.0. The van der Waals surface area contributed by atoms with Crippen LogP contribution in [0.3, 0.4) is 0 Å². The molecule has 0 radical (unpaired) electrons. The van der Waals surface area contributed by atoms with Crippen molar-refractivity contribution in [1.29, 1.82) is 0 Å². The van der Waals surface area contributed by atoms with Gasteiger partial charge in [-0.3, -0.25) is 0 Å². The Balaban J connectivity index is 0.000000221. The van der Waals surface area contributed by atoms with E-state index in [1.807, 2.05) is 137 Å². The van der Waals surface area contributed by atoms with Crippen LogP contribution in [0.2, 0.25) is 10.0 Å². The van der Waals surface area contributed by atoms with Crippen LogP contribution < -0.4 is 18.9 Å². The average Bonchev–Trinajstić information content (AvgIpc) is 3.42. The Kier molecular flexibility index (Phi) is 20.6. The first-order valence-electron chi connectivity index (χ1n) is 25.2. The van der Waals surface area contributed by atoms with E-state index in [2.05, 4.69) is 78.1 Å². The SMILES string of the molecule is COc1ccc(CCC(O)(CCN(C)C)C(c2ccc(Cl)cc2)c2cc3cc(Br)ccc3nc2OC)cc1.COc1ccc(CCC(O)(CCN(C)C)C(c2ccc(Cl)cc2)c2cc3cc(Br)ccc3nc2OC)cc1. The van der Waals surface area contributed by atoms with Crippen molar-refractivity contribution in [2.24, 2.45) is 0 Å². The Bertz CT molecular complexity index is 2940. The molecule has 400 valence electrons. The Labute approximate surface area is 475 Å². The number of rotatable bonds is 22. The van der Waals surface area contributed by atoms with E-state index in [0.29, 0.717) is 60.3 Å². The first-order chi connectivity index (χ1) is 36.4.